The fourth-order valence-corrected chi connectivity index (χ4v) is 1.87. The summed E-state index contributed by atoms with van der Waals surface area (Å²) in [7, 11) is 0. The van der Waals surface area contributed by atoms with Crippen molar-refractivity contribution in [3.63, 3.8) is 0 Å². The van der Waals surface area contributed by atoms with Crippen LogP contribution in [-0.2, 0) is 17.8 Å². The van der Waals surface area contributed by atoms with E-state index in [0.717, 1.165) is 14.7 Å². The van der Waals surface area contributed by atoms with Gasteiger partial charge >= 0.3 is 0 Å². The molecule has 0 saturated heterocycles. The van der Waals surface area contributed by atoms with E-state index in [-0.39, 0.29) is 12.4 Å². The molecule has 0 radical (unpaired) electrons. The van der Waals surface area contributed by atoms with Crippen molar-refractivity contribution in [1.82, 2.24) is 0 Å². The molecule has 1 aromatic carbocycles. The molecule has 0 fully saturated rings. The smallest absolute Gasteiger partial charge is 0.134 e. The Morgan fingerprint density at radius 2 is 2.23 bits per heavy atom. The minimum Gasteiger partial charge on any atom is -0.392 e. The molecular weight excluding hydrogens is 279 g/mol. The second-order valence-electron chi connectivity index (χ2n) is 2.96. The molecule has 13 heavy (non-hydrogen) atoms. The molecular formula is C10H11IO2. The van der Waals surface area contributed by atoms with Crippen molar-refractivity contribution in [1.29, 1.82) is 0 Å². The third-order valence-electron chi connectivity index (χ3n) is 1.74. The molecule has 0 aromatic heterocycles. The Balaban J connectivity index is 2.89. The van der Waals surface area contributed by atoms with Crippen LogP contribution in [0.15, 0.2) is 18.2 Å². The Morgan fingerprint density at radius 1 is 1.54 bits per heavy atom. The lowest BCUT2D eigenvalue weighted by Crippen LogP contribution is -1.98. The van der Waals surface area contributed by atoms with E-state index in [1.807, 2.05) is 18.2 Å². The number of aliphatic hydroxyl groups is 1. The summed E-state index contributed by atoms with van der Waals surface area (Å²) in [6.07, 6.45) is 0.474. The molecule has 0 spiro atoms. The van der Waals surface area contributed by atoms with Crippen molar-refractivity contribution in [3.05, 3.63) is 32.9 Å². The van der Waals surface area contributed by atoms with Gasteiger partial charge in [0.05, 0.1) is 6.61 Å². The van der Waals surface area contributed by atoms with Crippen LogP contribution in [0.5, 0.6) is 0 Å². The summed E-state index contributed by atoms with van der Waals surface area (Å²) in [6.45, 7) is 1.63. The summed E-state index contributed by atoms with van der Waals surface area (Å²) in [5.74, 6) is 0.160. The lowest BCUT2D eigenvalue weighted by Gasteiger charge is -2.03. The SMILES string of the molecule is CC(=O)Cc1ccc(CO)c(I)c1. The molecule has 0 bridgehead atoms. The number of Topliss-reactive ketones (excluding diaryl/α,β-unsaturated/α-hetero) is 1. The number of aliphatic hydroxyl groups excluding tert-OH is 1. The van der Waals surface area contributed by atoms with Gasteiger partial charge in [-0.3, -0.25) is 4.79 Å². The lowest BCUT2D eigenvalue weighted by molar-refractivity contribution is -0.116. The molecule has 1 N–H and O–H groups in total. The van der Waals surface area contributed by atoms with Gasteiger partial charge in [-0.15, -0.1) is 0 Å². The summed E-state index contributed by atoms with van der Waals surface area (Å²) in [6, 6.07) is 5.68. The van der Waals surface area contributed by atoms with Crippen molar-refractivity contribution in [2.45, 2.75) is 20.0 Å². The normalized spacial score (nSPS) is 10.1. The van der Waals surface area contributed by atoms with E-state index < -0.39 is 0 Å². The van der Waals surface area contributed by atoms with Gasteiger partial charge in [0.15, 0.2) is 0 Å². The van der Waals surface area contributed by atoms with E-state index in [9.17, 15) is 4.79 Å². The van der Waals surface area contributed by atoms with Gasteiger partial charge in [0, 0.05) is 9.99 Å². The average Bonchev–Trinajstić information content (AvgIpc) is 2.03. The molecule has 3 heteroatoms. The first-order chi connectivity index (χ1) is 6.13. The van der Waals surface area contributed by atoms with Gasteiger partial charge in [-0.2, -0.15) is 0 Å². The number of carbonyl (C=O) groups is 1. The van der Waals surface area contributed by atoms with E-state index in [4.69, 9.17) is 5.11 Å². The monoisotopic (exact) mass is 290 g/mol. The zero-order valence-corrected chi connectivity index (χ0v) is 9.54. The highest BCUT2D eigenvalue weighted by molar-refractivity contribution is 14.1. The van der Waals surface area contributed by atoms with Crippen LogP contribution in [0.2, 0.25) is 0 Å². The highest BCUT2D eigenvalue weighted by atomic mass is 127. The van der Waals surface area contributed by atoms with Gasteiger partial charge in [0.25, 0.3) is 0 Å². The molecule has 0 aliphatic heterocycles. The zero-order valence-electron chi connectivity index (χ0n) is 7.38. The Kier molecular flexibility index (Phi) is 3.87. The topological polar surface area (TPSA) is 37.3 Å². The fourth-order valence-electron chi connectivity index (χ4n) is 1.12. The predicted molar refractivity (Wildman–Crippen MR) is 59.5 cm³/mol. The van der Waals surface area contributed by atoms with Crippen LogP contribution >= 0.6 is 22.6 Å². The third-order valence-corrected chi connectivity index (χ3v) is 2.75. The molecule has 0 amide bonds. The van der Waals surface area contributed by atoms with Crippen LogP contribution < -0.4 is 0 Å². The Bertz CT molecular complexity index is 321. The molecule has 1 rings (SSSR count). The largest absolute Gasteiger partial charge is 0.392 e. The van der Waals surface area contributed by atoms with Gasteiger partial charge in [-0.05, 0) is 46.7 Å². The van der Waals surface area contributed by atoms with E-state index in [1.54, 1.807) is 6.92 Å². The maximum atomic E-state index is 10.8. The highest BCUT2D eigenvalue weighted by Crippen LogP contribution is 2.15. The second kappa shape index (κ2) is 4.72. The lowest BCUT2D eigenvalue weighted by atomic mass is 10.1. The molecule has 0 heterocycles. The first-order valence-corrected chi connectivity index (χ1v) is 5.09. The number of halogens is 1. The fraction of sp³-hybridized carbons (Fsp3) is 0.300. The van der Waals surface area contributed by atoms with Gasteiger partial charge < -0.3 is 5.11 Å². The Morgan fingerprint density at radius 3 is 2.69 bits per heavy atom. The predicted octanol–water partition coefficient (Wildman–Crippen LogP) is 1.92. The number of hydrogen-bond donors (Lipinski definition) is 1. The Hall–Kier alpha value is -0.420. The molecule has 0 aliphatic carbocycles. The molecule has 0 saturated carbocycles. The van der Waals surface area contributed by atoms with Crippen molar-refractivity contribution < 1.29 is 9.90 Å². The van der Waals surface area contributed by atoms with Crippen LogP contribution in [-0.4, -0.2) is 10.9 Å². The van der Waals surface area contributed by atoms with E-state index in [0.29, 0.717) is 6.42 Å². The van der Waals surface area contributed by atoms with Gasteiger partial charge in [0.2, 0.25) is 0 Å². The summed E-state index contributed by atoms with van der Waals surface area (Å²) < 4.78 is 1.01. The maximum absolute atomic E-state index is 10.8. The van der Waals surface area contributed by atoms with Crippen LogP contribution in [0, 0.1) is 3.57 Å². The van der Waals surface area contributed by atoms with E-state index in [1.165, 1.54) is 0 Å². The van der Waals surface area contributed by atoms with E-state index in [2.05, 4.69) is 22.6 Å². The van der Waals surface area contributed by atoms with Crippen molar-refractivity contribution in [2.75, 3.05) is 0 Å². The average molecular weight is 290 g/mol. The van der Waals surface area contributed by atoms with Gasteiger partial charge in [-0.25, -0.2) is 0 Å². The van der Waals surface area contributed by atoms with Crippen LogP contribution in [0.3, 0.4) is 0 Å². The number of carbonyl (C=O) groups excluding carboxylic acids is 1. The van der Waals surface area contributed by atoms with Gasteiger partial charge in [0.1, 0.15) is 5.78 Å². The summed E-state index contributed by atoms with van der Waals surface area (Å²) in [4.78, 5) is 10.8. The summed E-state index contributed by atoms with van der Waals surface area (Å²) in [5, 5.41) is 8.92. The molecule has 0 aliphatic rings. The number of ketones is 1. The zero-order chi connectivity index (χ0) is 9.84. The quantitative estimate of drug-likeness (QED) is 0.864. The summed E-state index contributed by atoms with van der Waals surface area (Å²) >= 11 is 2.16. The van der Waals surface area contributed by atoms with Crippen LogP contribution in [0.4, 0.5) is 0 Å². The number of benzene rings is 1. The minimum absolute atomic E-state index is 0.0542. The molecule has 1 aromatic rings. The van der Waals surface area contributed by atoms with Crippen molar-refractivity contribution in [2.24, 2.45) is 0 Å². The molecule has 70 valence electrons. The highest BCUT2D eigenvalue weighted by Gasteiger charge is 2.01. The van der Waals surface area contributed by atoms with Crippen molar-refractivity contribution >= 4 is 28.4 Å². The number of rotatable bonds is 3. The first kappa shape index (κ1) is 10.7. The van der Waals surface area contributed by atoms with Crippen LogP contribution in [0.1, 0.15) is 18.1 Å². The van der Waals surface area contributed by atoms with Crippen molar-refractivity contribution in [3.8, 4) is 0 Å². The molecule has 0 unspecified atom stereocenters. The third kappa shape index (κ3) is 3.08. The molecule has 2 nitrogen and oxygen atoms in total. The summed E-state index contributed by atoms with van der Waals surface area (Å²) in [5.41, 5.74) is 1.92. The molecule has 0 atom stereocenters. The van der Waals surface area contributed by atoms with E-state index >= 15 is 0 Å². The first-order valence-electron chi connectivity index (χ1n) is 4.01. The second-order valence-corrected chi connectivity index (χ2v) is 4.12. The Labute approximate surface area is 91.1 Å². The number of hydrogen-bond acceptors (Lipinski definition) is 2. The van der Waals surface area contributed by atoms with Gasteiger partial charge in [-0.1, -0.05) is 12.1 Å². The maximum Gasteiger partial charge on any atom is 0.134 e. The van der Waals surface area contributed by atoms with Crippen LogP contribution in [0.25, 0.3) is 0 Å². The standard InChI is InChI=1S/C10H11IO2/c1-7(13)4-8-2-3-9(6-12)10(11)5-8/h2-3,5,12H,4,6H2,1H3. The minimum atomic E-state index is 0.0542.